The van der Waals surface area contributed by atoms with Gasteiger partial charge in [-0.15, -0.1) is 11.8 Å². The van der Waals surface area contributed by atoms with Gasteiger partial charge in [0.25, 0.3) is 5.91 Å². The molecular weight excluding hydrogens is 1750 g/mol. The SMILES string of the molecule is C[C@H](OC(=O)[C@@H]1CCCN1C(=O)[C@H](CSSC(C)(C)C)NC(=O)[C@H](Cc1c[nH]c2ccccc12)NC(=O)[C@H](CCCCN(C)C)NC(=O)CNC(=O)CCSSC(C)(C)CNC(=O)OCc1ccc(N=[N+]=[N-])cc1)C(=O)N[C@@H](CCCCNC(=O)C1CSCN1C(=O)OCc1ccc(N=[N+]=[N-])cc1)C(=O)N[C@@H](CC=[SH]Cc1ccccc1)C(=O)N1CCC[C@H]1C(N)=O. The molecule has 0 saturated carbocycles. The van der Waals surface area contributed by atoms with Crippen molar-refractivity contribution in [3.8, 4) is 0 Å². The standard InChI is InChI=1S/C85H116N20O16S6/c1-54(74(109)94-64(76(111)95-65(36-42-122-49-57-20-10-9-11-21-57)79(114)103-40-18-26-68(103)73(86)108)24-14-16-38-89-78(113)70-51-123-53-105(70)83(118)120-48-56-30-34-60(35-31-56)99-101-88)121-81(116)69-27-19-41-104(69)80(115)67(50-125-126-84(2,3)4)97-77(112)66(44-58-45-90-62-23-13-12-22-61(58)62)96-75(110)63(25-15-17-39-102(7)8)93-72(107)46-91-71(106)37-43-124-127-85(5,6)52-92-82(117)119-47-55-28-32-59(33-29-55)98-100-87/h9-13,20-23,28-35,42,45,54,63-70,90,122H,14-19,24-27,36-41,43-44,46-53H2,1-8H3,(H2,86,108)(H,89,113)(H,91,106)(H,92,117)(H,93,107)(H,94,109)(H,95,111)(H,96,110)(H,97,112)/t54-,63-,64-,65-,66-,67-,68-,69-,70?/m0/s1. The fraction of sp³-hybridized carbons (Fsp3) is 0.529. The first kappa shape index (κ1) is 102. The van der Waals surface area contributed by atoms with Gasteiger partial charge < -0.3 is 82.2 Å². The molecule has 1 aromatic heterocycles. The molecule has 3 fully saturated rings. The normalized spacial score (nSPS) is 16.5. The Morgan fingerprint density at radius 2 is 1.24 bits per heavy atom. The number of primary amides is 1. The van der Waals surface area contributed by atoms with E-state index in [1.54, 1.807) is 54.7 Å². The summed E-state index contributed by atoms with van der Waals surface area (Å²) in [5.74, 6) is -6.20. The molecule has 42 heteroatoms. The number of aromatic nitrogens is 1. The molecule has 0 radical (unpaired) electrons. The number of thioether (sulfide) groups is 1. The summed E-state index contributed by atoms with van der Waals surface area (Å²) in [5.41, 5.74) is 27.8. The summed E-state index contributed by atoms with van der Waals surface area (Å²) < 4.78 is 16.0. The van der Waals surface area contributed by atoms with Crippen LogP contribution in [0.1, 0.15) is 141 Å². The Hall–Kier alpha value is -10.3. The molecule has 5 aromatic rings. The van der Waals surface area contributed by atoms with Gasteiger partial charge >= 0.3 is 18.2 Å². The smallest absolute Gasteiger partial charge is 0.411 e. The van der Waals surface area contributed by atoms with Crippen molar-refractivity contribution in [1.29, 1.82) is 0 Å². The summed E-state index contributed by atoms with van der Waals surface area (Å²) in [6.07, 6.45) is 1.60. The average molecular weight is 1870 g/mol. The van der Waals surface area contributed by atoms with Gasteiger partial charge in [0, 0.05) is 110 Å². The number of esters is 1. The average Bonchev–Trinajstić information content (AvgIpc) is 1.83. The molecule has 9 atom stereocenters. The molecule has 0 bridgehead atoms. The molecular formula is C85H116N20O16S6. The number of aromatic amines is 1. The van der Waals surface area contributed by atoms with E-state index < -0.39 is 143 Å². The lowest BCUT2D eigenvalue weighted by atomic mass is 10.0. The van der Waals surface area contributed by atoms with Crippen molar-refractivity contribution in [3.63, 3.8) is 0 Å². The number of alkyl carbamates (subject to hydrolysis) is 1. The highest BCUT2D eigenvalue weighted by Gasteiger charge is 2.43. The predicted octanol–water partition coefficient (Wildman–Crippen LogP) is 9.78. The quantitative estimate of drug-likeness (QED) is 0.00198. The molecule has 3 aliphatic rings. The number of hydrogen-bond donors (Lipinski definition) is 11. The largest absolute Gasteiger partial charge is 0.451 e. The fourth-order valence-corrected chi connectivity index (χ4v) is 20.7. The van der Waals surface area contributed by atoms with Crippen molar-refractivity contribution < 1.29 is 76.5 Å². The van der Waals surface area contributed by atoms with Crippen LogP contribution in [0.5, 0.6) is 0 Å². The summed E-state index contributed by atoms with van der Waals surface area (Å²) in [7, 11) is 9.41. The third kappa shape index (κ3) is 34.7. The van der Waals surface area contributed by atoms with Gasteiger partial charge in [0.15, 0.2) is 6.10 Å². The Bertz CT molecular complexity index is 4710. The third-order valence-electron chi connectivity index (χ3n) is 20.4. The van der Waals surface area contributed by atoms with E-state index in [4.69, 9.17) is 31.0 Å². The summed E-state index contributed by atoms with van der Waals surface area (Å²) >= 11 is 2.17. The zero-order valence-corrected chi connectivity index (χ0v) is 77.6. The van der Waals surface area contributed by atoms with Crippen molar-refractivity contribution in [2.45, 2.75) is 208 Å². The predicted molar refractivity (Wildman–Crippen MR) is 498 cm³/mol. The third-order valence-corrected chi connectivity index (χ3v) is 29.1. The number of azide groups is 2. The van der Waals surface area contributed by atoms with E-state index in [1.165, 1.54) is 76.6 Å². The second kappa shape index (κ2) is 52.2. The minimum atomic E-state index is -1.60. The number of nitrogens with zero attached hydrogens (tertiary/aromatic N) is 10. The van der Waals surface area contributed by atoms with Crippen molar-refractivity contribution in [1.82, 2.24) is 67.1 Å². The molecule has 12 amide bonds. The van der Waals surface area contributed by atoms with E-state index in [0.29, 0.717) is 78.2 Å². The van der Waals surface area contributed by atoms with Crippen LogP contribution in [0.15, 0.2) is 120 Å². The molecule has 1 unspecified atom stereocenters. The first-order valence-corrected chi connectivity index (χ1v) is 48.9. The second-order valence-electron chi connectivity index (χ2n) is 32.5. The number of fused-ring (bicyclic) bond motifs is 1. The number of carbonyl (C=O) groups excluding carboxylic acids is 13. The molecule has 0 spiro atoms. The van der Waals surface area contributed by atoms with Gasteiger partial charge in [-0.1, -0.05) is 177 Å². The minimum Gasteiger partial charge on any atom is -0.451 e. The van der Waals surface area contributed by atoms with Gasteiger partial charge in [-0.05, 0) is 151 Å². The van der Waals surface area contributed by atoms with Crippen LogP contribution in [0, 0.1) is 0 Å². The van der Waals surface area contributed by atoms with Crippen molar-refractivity contribution in [2.75, 3.05) is 76.5 Å². The molecule has 4 aromatic carbocycles. The molecule has 8 rings (SSSR count). The van der Waals surface area contributed by atoms with Gasteiger partial charge in [-0.3, -0.25) is 52.8 Å². The van der Waals surface area contributed by atoms with Crippen LogP contribution in [-0.2, 0) is 92.3 Å². The molecule has 4 heterocycles. The fourth-order valence-electron chi connectivity index (χ4n) is 13.7. The number of amides is 12. The van der Waals surface area contributed by atoms with E-state index in [2.05, 4.69) is 67.6 Å². The summed E-state index contributed by atoms with van der Waals surface area (Å²) in [4.78, 5) is 198. The Kier molecular flexibility index (Phi) is 42.0. The van der Waals surface area contributed by atoms with Crippen LogP contribution in [0.2, 0.25) is 0 Å². The number of thiol groups is 1. The number of benzene rings is 4. The van der Waals surface area contributed by atoms with E-state index in [-0.39, 0.29) is 113 Å². The number of ether oxygens (including phenoxy) is 3. The van der Waals surface area contributed by atoms with Crippen LogP contribution in [0.4, 0.5) is 21.0 Å². The van der Waals surface area contributed by atoms with Gasteiger partial charge in [-0.2, -0.15) is 11.4 Å². The summed E-state index contributed by atoms with van der Waals surface area (Å²) in [6, 6.07) is 20.5. The highest BCUT2D eigenvalue weighted by molar-refractivity contribution is 8.77. The molecule has 688 valence electrons. The van der Waals surface area contributed by atoms with E-state index in [1.807, 2.05) is 114 Å². The molecule has 36 nitrogen and oxygen atoms in total. The highest BCUT2D eigenvalue weighted by atomic mass is 33.1. The van der Waals surface area contributed by atoms with Crippen molar-refractivity contribution in [3.05, 3.63) is 152 Å². The van der Waals surface area contributed by atoms with Crippen LogP contribution in [0.25, 0.3) is 31.8 Å². The summed E-state index contributed by atoms with van der Waals surface area (Å²) in [5, 5.41) is 32.2. The van der Waals surface area contributed by atoms with Crippen LogP contribution < -0.4 is 48.3 Å². The van der Waals surface area contributed by atoms with Crippen molar-refractivity contribution in [2.24, 2.45) is 16.0 Å². The van der Waals surface area contributed by atoms with Crippen LogP contribution in [0.3, 0.4) is 0 Å². The number of rotatable bonds is 49. The zero-order chi connectivity index (χ0) is 92.0. The number of carbonyl (C=O) groups is 13. The number of hydrogen-bond acceptors (Lipinski definition) is 24. The Balaban J connectivity index is 0.931. The van der Waals surface area contributed by atoms with Crippen molar-refractivity contribution >= 4 is 171 Å². The number of nitrogens with two attached hydrogens (primary N) is 1. The zero-order valence-electron chi connectivity index (χ0n) is 72.6. The monoisotopic (exact) mass is 1860 g/mol. The number of H-pyrrole nitrogens is 1. The first-order valence-electron chi connectivity index (χ1n) is 42.0. The second-order valence-corrected chi connectivity index (χ2v) is 40.8. The lowest BCUT2D eigenvalue weighted by molar-refractivity contribution is -0.162. The number of para-hydroxylation sites is 1. The number of unbranched alkanes of at least 4 members (excludes halogenated alkanes) is 2. The minimum absolute atomic E-state index is 0.000398. The topological polar surface area (TPSA) is 498 Å². The first-order chi connectivity index (χ1) is 60.8. The summed E-state index contributed by atoms with van der Waals surface area (Å²) in [6.45, 7) is 11.7. The van der Waals surface area contributed by atoms with E-state index in [9.17, 15) is 52.7 Å². The molecule has 0 aliphatic carbocycles. The lowest BCUT2D eigenvalue weighted by Crippen LogP contribution is -2.59. The maximum absolute atomic E-state index is 15.3. The van der Waals surface area contributed by atoms with Gasteiger partial charge in [0.05, 0.1) is 12.4 Å². The van der Waals surface area contributed by atoms with Crippen LogP contribution >= 0.6 is 66.3 Å². The maximum Gasteiger partial charge on any atom is 0.411 e. The molecule has 11 N–H and O–H groups in total. The lowest BCUT2D eigenvalue weighted by Gasteiger charge is -2.31. The molecule has 3 aliphatic heterocycles. The highest BCUT2D eigenvalue weighted by Crippen LogP contribution is 2.37. The molecule has 127 heavy (non-hydrogen) atoms. The van der Waals surface area contributed by atoms with Crippen LogP contribution in [-0.4, -0.2) is 248 Å². The molecule has 3 saturated heterocycles. The van der Waals surface area contributed by atoms with Gasteiger partial charge in [-0.25, -0.2) is 14.4 Å². The van der Waals surface area contributed by atoms with E-state index >= 15 is 9.59 Å². The Morgan fingerprint density at radius 3 is 1.89 bits per heavy atom. The Labute approximate surface area is 762 Å². The number of likely N-dealkylation sites (tertiary alicyclic amines) is 2. The van der Waals surface area contributed by atoms with E-state index in [0.717, 1.165) is 27.8 Å². The maximum atomic E-state index is 15.3. The van der Waals surface area contributed by atoms with Gasteiger partial charge in [0.2, 0.25) is 53.2 Å². The number of nitrogens with one attached hydrogen (secondary N) is 9. The Morgan fingerprint density at radius 1 is 0.646 bits per heavy atom. The van der Waals surface area contributed by atoms with Gasteiger partial charge in [0.1, 0.15) is 61.5 Å².